The molecule has 1 heterocycles. The molecule has 5 rings (SSSR count). The van der Waals surface area contributed by atoms with Crippen LogP contribution in [-0.2, 0) is 76.3 Å². The predicted octanol–water partition coefficient (Wildman–Crippen LogP) is 7.15. The summed E-state index contributed by atoms with van der Waals surface area (Å²) in [6.07, 6.45) is 2.54. The number of aliphatic carboxylic acids is 1. The summed E-state index contributed by atoms with van der Waals surface area (Å²) in [5, 5.41) is 29.4. The van der Waals surface area contributed by atoms with E-state index in [2.05, 4.69) is 43.3 Å². The molecule has 0 fully saturated rings. The molecule has 0 saturated carbocycles. The highest BCUT2D eigenvalue weighted by Crippen LogP contribution is 2.32. The normalized spacial score (nSPS) is 14.3. The van der Waals surface area contributed by atoms with E-state index in [1.54, 1.807) is 63.2 Å². The van der Waals surface area contributed by atoms with Crippen LogP contribution < -0.4 is 47.9 Å². The highest BCUT2D eigenvalue weighted by molar-refractivity contribution is 5.99. The summed E-state index contributed by atoms with van der Waals surface area (Å²) in [5.41, 5.74) is 10.3. The van der Waals surface area contributed by atoms with Gasteiger partial charge in [-0.3, -0.25) is 28.8 Å². The number of carbonyl (C=O) groups is 9. The Morgan fingerprint density at radius 2 is 1.37 bits per heavy atom. The number of rotatable bonds is 27. The first kappa shape index (κ1) is 69.2. The minimum atomic E-state index is -1.11. The number of likely N-dealkylation sites (N-methyl/N-ethyl adjacent to an activating group) is 2. The lowest BCUT2D eigenvalue weighted by atomic mass is 9.76. The van der Waals surface area contributed by atoms with E-state index >= 15 is 0 Å². The molecule has 0 unspecified atom stereocenters. The fourth-order valence-corrected chi connectivity index (χ4v) is 10.5. The number of alkyl carbamates (subject to hydrolysis) is 1. The average Bonchev–Trinajstić information content (AvgIpc) is 1.57. The molecule has 1 aliphatic rings. The van der Waals surface area contributed by atoms with Gasteiger partial charge in [-0.15, -0.1) is 0 Å². The second-order valence-corrected chi connectivity index (χ2v) is 24.6. The van der Waals surface area contributed by atoms with E-state index in [0.717, 1.165) is 46.3 Å². The third-order valence-corrected chi connectivity index (χ3v) is 15.7. The van der Waals surface area contributed by atoms with Crippen molar-refractivity contribution in [2.24, 2.45) is 23.0 Å². The molecule has 87 heavy (non-hydrogen) atoms. The Morgan fingerprint density at radius 3 is 1.99 bits per heavy atom. The number of carboxylic acids is 1. The highest BCUT2D eigenvalue weighted by Gasteiger charge is 2.42. The van der Waals surface area contributed by atoms with Crippen LogP contribution in [0.3, 0.4) is 0 Å². The SMILES string of the molecule is CN[C@@H](C(=O)N[C@H](C(=O)N(C)[C@H](/C=C(\C)C(=O)O)C(C)C)C(C)(C)C)C(C)(C)c1cccc(CNC(=O)OCc2ccc(NC(=O)[C@H](CCCNC(N)=O)NC(=O)[C@@H](NC(=O)CCC(=O)N3Cc4ccccc4CCc4ccccc43)C(C)C)cc2)c1. The number of carbonyl (C=O) groups excluding carboxylic acids is 8. The molecule has 10 N–H and O–H groups in total. The van der Waals surface area contributed by atoms with Gasteiger partial charge >= 0.3 is 18.1 Å². The van der Waals surface area contributed by atoms with Crippen LogP contribution in [0.4, 0.5) is 21.0 Å². The number of anilines is 2. The minimum Gasteiger partial charge on any atom is -0.478 e. The average molecular weight is 1200 g/mol. The van der Waals surface area contributed by atoms with Gasteiger partial charge in [0.2, 0.25) is 35.4 Å². The first-order valence-electron chi connectivity index (χ1n) is 29.7. The van der Waals surface area contributed by atoms with Crippen molar-refractivity contribution in [1.29, 1.82) is 0 Å². The summed E-state index contributed by atoms with van der Waals surface area (Å²) >= 11 is 0. The standard InChI is InChI=1S/C66H90N10O11/c1-40(2)52(35-42(5)62(83)84)75(12)61(82)57(65(6,7)8)74-60(81)56(68-11)66(9,10)48-23-17-19-44(36-48)37-70-64(86)87-39-43-26-30-49(31-27-43)71-58(79)50(24-18-34-69-63(67)85)72-59(80)55(41(3)4)73-53(77)32-33-54(78)76-38-47-22-14-13-20-45(47)28-29-46-21-15-16-25-51(46)76/h13-17,19-23,25-27,30-31,35-36,40-41,50,52,55-57,68H,18,24,28-29,32-34,37-39H2,1-12H3,(H,70,86)(H,71,79)(H,72,80)(H,73,77)(H,74,81)(H,83,84)(H3,67,69,85)/b42-35+/t50-,52+,55-,56-,57+/m0/s1. The van der Waals surface area contributed by atoms with Crippen molar-refractivity contribution in [2.75, 3.05) is 30.9 Å². The summed E-state index contributed by atoms with van der Waals surface area (Å²) in [4.78, 5) is 123. The van der Waals surface area contributed by atoms with Crippen molar-refractivity contribution in [2.45, 2.75) is 163 Å². The van der Waals surface area contributed by atoms with Crippen molar-refractivity contribution in [3.63, 3.8) is 0 Å². The summed E-state index contributed by atoms with van der Waals surface area (Å²) in [6, 6.07) is 24.5. The highest BCUT2D eigenvalue weighted by atomic mass is 16.5. The quantitative estimate of drug-likeness (QED) is 0.0213. The lowest BCUT2D eigenvalue weighted by Gasteiger charge is -2.40. The first-order chi connectivity index (χ1) is 41.0. The van der Waals surface area contributed by atoms with Gasteiger partial charge in [0.15, 0.2) is 0 Å². The van der Waals surface area contributed by atoms with Gasteiger partial charge in [-0.05, 0) is 108 Å². The van der Waals surface area contributed by atoms with E-state index in [-0.39, 0.29) is 68.7 Å². The number of amides is 9. The van der Waals surface area contributed by atoms with Crippen LogP contribution in [0.25, 0.3) is 0 Å². The largest absolute Gasteiger partial charge is 0.478 e. The Kier molecular flexibility index (Phi) is 25.2. The van der Waals surface area contributed by atoms with E-state index in [0.29, 0.717) is 17.8 Å². The van der Waals surface area contributed by atoms with Crippen LogP contribution in [-0.4, -0.2) is 114 Å². The summed E-state index contributed by atoms with van der Waals surface area (Å²) < 4.78 is 5.53. The van der Waals surface area contributed by atoms with Gasteiger partial charge in [-0.1, -0.05) is 147 Å². The number of primary amides is 1. The first-order valence-corrected chi connectivity index (χ1v) is 29.7. The number of carboxylic acid groups (broad SMARTS) is 1. The van der Waals surface area contributed by atoms with Crippen molar-refractivity contribution < 1.29 is 53.0 Å². The molecule has 5 atom stereocenters. The number of nitrogens with zero attached hydrogens (tertiary/aromatic N) is 2. The number of hydrogen-bond acceptors (Lipinski definition) is 11. The Bertz CT molecular complexity index is 3120. The van der Waals surface area contributed by atoms with Crippen LogP contribution in [0.15, 0.2) is 109 Å². The summed E-state index contributed by atoms with van der Waals surface area (Å²) in [6.45, 7) is 18.6. The van der Waals surface area contributed by atoms with Crippen molar-refractivity contribution in [3.8, 4) is 0 Å². The lowest BCUT2D eigenvalue weighted by molar-refractivity contribution is -0.141. The van der Waals surface area contributed by atoms with E-state index in [9.17, 15) is 48.3 Å². The Hall–Kier alpha value is -8.59. The zero-order chi connectivity index (χ0) is 64.3. The minimum absolute atomic E-state index is 0.0936. The Balaban J connectivity index is 1.16. The topological polar surface area (TPSA) is 300 Å². The smallest absolute Gasteiger partial charge is 0.407 e. The van der Waals surface area contributed by atoms with Gasteiger partial charge < -0.3 is 62.6 Å². The molecule has 21 nitrogen and oxygen atoms in total. The maximum atomic E-state index is 14.2. The van der Waals surface area contributed by atoms with Gasteiger partial charge in [0.25, 0.3) is 0 Å². The van der Waals surface area contributed by atoms with Crippen molar-refractivity contribution in [1.82, 2.24) is 36.8 Å². The molecule has 0 radical (unpaired) electrons. The molecule has 21 heteroatoms. The van der Waals surface area contributed by atoms with Crippen LogP contribution in [0.2, 0.25) is 0 Å². The van der Waals surface area contributed by atoms with Gasteiger partial charge in [0.1, 0.15) is 24.7 Å². The number of nitrogens with one attached hydrogen (secondary N) is 7. The van der Waals surface area contributed by atoms with Crippen LogP contribution >= 0.6 is 0 Å². The van der Waals surface area contributed by atoms with Crippen LogP contribution in [0, 0.1) is 17.3 Å². The third kappa shape index (κ3) is 20.0. The van der Waals surface area contributed by atoms with Crippen molar-refractivity contribution >= 4 is 64.9 Å². The molecule has 0 spiro atoms. The maximum absolute atomic E-state index is 14.2. The summed E-state index contributed by atoms with van der Waals surface area (Å²) in [7, 11) is 3.28. The van der Waals surface area contributed by atoms with Crippen LogP contribution in [0.1, 0.15) is 128 Å². The maximum Gasteiger partial charge on any atom is 0.407 e. The molecule has 0 aliphatic carbocycles. The molecular formula is C66H90N10O11. The summed E-state index contributed by atoms with van der Waals surface area (Å²) in [5.74, 6) is -4.29. The zero-order valence-corrected chi connectivity index (χ0v) is 52.4. The zero-order valence-electron chi connectivity index (χ0n) is 52.4. The molecule has 0 bridgehead atoms. The number of aryl methyl sites for hydroxylation is 2. The fourth-order valence-electron chi connectivity index (χ4n) is 10.5. The molecule has 9 amide bonds. The Morgan fingerprint density at radius 1 is 0.724 bits per heavy atom. The van der Waals surface area contributed by atoms with E-state index in [4.69, 9.17) is 10.5 Å². The molecule has 0 aromatic heterocycles. The number of fused-ring (bicyclic) bond motifs is 2. The molecule has 1 aliphatic heterocycles. The number of nitrogens with two attached hydrogens (primary N) is 1. The predicted molar refractivity (Wildman–Crippen MR) is 335 cm³/mol. The number of benzene rings is 4. The van der Waals surface area contributed by atoms with Gasteiger partial charge in [-0.25, -0.2) is 14.4 Å². The lowest BCUT2D eigenvalue weighted by Crippen LogP contribution is -2.61. The third-order valence-electron chi connectivity index (χ3n) is 15.7. The monoisotopic (exact) mass is 1200 g/mol. The second-order valence-electron chi connectivity index (χ2n) is 24.6. The van der Waals surface area contributed by atoms with E-state index in [1.807, 2.05) is 115 Å². The van der Waals surface area contributed by atoms with E-state index in [1.165, 1.54) is 11.8 Å². The van der Waals surface area contributed by atoms with Gasteiger partial charge in [0.05, 0.1) is 18.6 Å². The molecule has 470 valence electrons. The second kappa shape index (κ2) is 31.7. The molecular weight excluding hydrogens is 1110 g/mol. The van der Waals surface area contributed by atoms with Crippen LogP contribution in [0.5, 0.6) is 0 Å². The van der Waals surface area contributed by atoms with Gasteiger partial charge in [0, 0.05) is 55.3 Å². The van der Waals surface area contributed by atoms with Crippen molar-refractivity contribution in [3.05, 3.63) is 142 Å². The fraction of sp³-hybridized carbons (Fsp3) is 0.470. The number of ether oxygens (including phenoxy) is 1. The van der Waals surface area contributed by atoms with Gasteiger partial charge in [-0.2, -0.15) is 0 Å². The molecule has 4 aromatic rings. The van der Waals surface area contributed by atoms with E-state index < -0.39 is 88.7 Å². The number of para-hydroxylation sites is 1. The molecule has 0 saturated heterocycles. The number of hydrogen-bond donors (Lipinski definition) is 9. The number of urea groups is 1. The Labute approximate surface area is 511 Å². The molecule has 4 aromatic carbocycles.